The van der Waals surface area contributed by atoms with Crippen molar-refractivity contribution in [2.45, 2.75) is 32.9 Å². The van der Waals surface area contributed by atoms with E-state index in [9.17, 15) is 19.1 Å². The van der Waals surface area contributed by atoms with Crippen LogP contribution in [-0.2, 0) is 4.79 Å². The summed E-state index contributed by atoms with van der Waals surface area (Å²) in [5, 5.41) is 9.71. The predicted octanol–water partition coefficient (Wildman–Crippen LogP) is 2.59. The number of pyridine rings is 1. The van der Waals surface area contributed by atoms with Gasteiger partial charge in [0.25, 0.3) is 5.91 Å². The lowest BCUT2D eigenvalue weighted by atomic mass is 9.99. The van der Waals surface area contributed by atoms with E-state index in [-0.39, 0.29) is 41.6 Å². The standard InChI is InChI=1S/C23H28FN3O4/c1-14-11-27(15(2)13-28)23(30)20-9-18(17-6-5-7-19(24)8-17)10-25-22(20)31-21(14)12-26(4)16(3)29/h5-10,14-15,21,28H,11-13H2,1-4H3/t14-,15-,21-/m0/s1. The zero-order valence-electron chi connectivity index (χ0n) is 18.2. The van der Waals surface area contributed by atoms with E-state index in [1.165, 1.54) is 19.1 Å². The Hall–Kier alpha value is -3.00. The maximum atomic E-state index is 13.7. The molecule has 0 bridgehead atoms. The SMILES string of the molecule is CC(=O)N(C)C[C@@H]1Oc2ncc(-c3cccc(F)c3)cc2C(=O)N([C@@H](C)CO)C[C@@H]1C. The zero-order valence-corrected chi connectivity index (χ0v) is 18.2. The lowest BCUT2D eigenvalue weighted by molar-refractivity contribution is -0.129. The van der Waals surface area contributed by atoms with Crippen molar-refractivity contribution in [2.75, 3.05) is 26.7 Å². The molecule has 0 saturated carbocycles. The fourth-order valence-corrected chi connectivity index (χ4v) is 3.54. The average molecular weight is 429 g/mol. The third-order valence-electron chi connectivity index (χ3n) is 5.67. The second-order valence-corrected chi connectivity index (χ2v) is 8.11. The van der Waals surface area contributed by atoms with Crippen molar-refractivity contribution in [2.24, 2.45) is 5.92 Å². The van der Waals surface area contributed by atoms with Gasteiger partial charge in [0.2, 0.25) is 11.8 Å². The molecule has 1 aliphatic rings. The number of fused-ring (bicyclic) bond motifs is 1. The molecule has 1 aromatic heterocycles. The van der Waals surface area contributed by atoms with Gasteiger partial charge in [-0.15, -0.1) is 0 Å². The maximum absolute atomic E-state index is 13.7. The molecule has 0 radical (unpaired) electrons. The van der Waals surface area contributed by atoms with Crippen LogP contribution in [0, 0.1) is 11.7 Å². The maximum Gasteiger partial charge on any atom is 0.259 e. The Morgan fingerprint density at radius 2 is 2.13 bits per heavy atom. The molecule has 2 amide bonds. The highest BCUT2D eigenvalue weighted by molar-refractivity contribution is 5.98. The molecule has 31 heavy (non-hydrogen) atoms. The van der Waals surface area contributed by atoms with Gasteiger partial charge in [-0.2, -0.15) is 0 Å². The fourth-order valence-electron chi connectivity index (χ4n) is 3.54. The number of carbonyl (C=O) groups excluding carboxylic acids is 2. The molecule has 0 saturated heterocycles. The van der Waals surface area contributed by atoms with Crippen LogP contribution in [0.3, 0.4) is 0 Å². The van der Waals surface area contributed by atoms with E-state index in [1.807, 2.05) is 6.92 Å². The third kappa shape index (κ3) is 5.02. The minimum Gasteiger partial charge on any atom is -0.472 e. The molecular weight excluding hydrogens is 401 g/mol. The minimum atomic E-state index is -0.412. The first-order valence-corrected chi connectivity index (χ1v) is 10.3. The van der Waals surface area contributed by atoms with Gasteiger partial charge in [0.15, 0.2) is 0 Å². The zero-order chi connectivity index (χ0) is 22.7. The van der Waals surface area contributed by atoms with Crippen LogP contribution < -0.4 is 4.74 Å². The van der Waals surface area contributed by atoms with Crippen molar-refractivity contribution in [3.05, 3.63) is 47.9 Å². The van der Waals surface area contributed by atoms with Gasteiger partial charge in [-0.3, -0.25) is 9.59 Å². The molecule has 1 N–H and O–H groups in total. The van der Waals surface area contributed by atoms with E-state index in [1.54, 1.807) is 48.2 Å². The van der Waals surface area contributed by atoms with Gasteiger partial charge >= 0.3 is 0 Å². The number of aliphatic hydroxyl groups excluding tert-OH is 1. The van der Waals surface area contributed by atoms with Gasteiger partial charge in [-0.25, -0.2) is 9.37 Å². The Labute approximate surface area is 181 Å². The predicted molar refractivity (Wildman–Crippen MR) is 114 cm³/mol. The summed E-state index contributed by atoms with van der Waals surface area (Å²) >= 11 is 0. The summed E-state index contributed by atoms with van der Waals surface area (Å²) < 4.78 is 19.8. The highest BCUT2D eigenvalue weighted by Gasteiger charge is 2.34. The number of nitrogens with zero attached hydrogens (tertiary/aromatic N) is 3. The molecule has 3 rings (SSSR count). The molecule has 2 aromatic rings. The first-order chi connectivity index (χ1) is 14.7. The third-order valence-corrected chi connectivity index (χ3v) is 5.67. The summed E-state index contributed by atoms with van der Waals surface area (Å²) in [6, 6.07) is 7.28. The van der Waals surface area contributed by atoms with Crippen LogP contribution in [0.1, 0.15) is 31.1 Å². The molecule has 166 valence electrons. The number of hydrogen-bond acceptors (Lipinski definition) is 5. The van der Waals surface area contributed by atoms with Crippen LogP contribution in [-0.4, -0.2) is 70.6 Å². The molecule has 0 unspecified atom stereocenters. The molecule has 1 aromatic carbocycles. The smallest absolute Gasteiger partial charge is 0.259 e. The Kier molecular flexibility index (Phi) is 6.90. The number of halogens is 1. The summed E-state index contributed by atoms with van der Waals surface area (Å²) in [5.41, 5.74) is 1.41. The van der Waals surface area contributed by atoms with Gasteiger partial charge < -0.3 is 19.6 Å². The number of likely N-dealkylation sites (N-methyl/N-ethyl adjacent to an activating group) is 1. The number of rotatable bonds is 5. The van der Waals surface area contributed by atoms with Gasteiger partial charge in [0.05, 0.1) is 19.2 Å². The molecule has 3 atom stereocenters. The van der Waals surface area contributed by atoms with E-state index in [4.69, 9.17) is 4.74 Å². The number of ether oxygens (including phenoxy) is 1. The highest BCUT2D eigenvalue weighted by atomic mass is 19.1. The van der Waals surface area contributed by atoms with Crippen LogP contribution >= 0.6 is 0 Å². The first-order valence-electron chi connectivity index (χ1n) is 10.3. The van der Waals surface area contributed by atoms with Crippen LogP contribution in [0.4, 0.5) is 4.39 Å². The molecule has 0 fully saturated rings. The van der Waals surface area contributed by atoms with Crippen LogP contribution in [0.15, 0.2) is 36.5 Å². The Morgan fingerprint density at radius 1 is 1.39 bits per heavy atom. The van der Waals surface area contributed by atoms with E-state index < -0.39 is 12.1 Å². The van der Waals surface area contributed by atoms with Gasteiger partial charge in [-0.05, 0) is 30.7 Å². The number of aliphatic hydroxyl groups is 1. The quantitative estimate of drug-likeness (QED) is 0.790. The monoisotopic (exact) mass is 429 g/mol. The Balaban J connectivity index is 2.06. The fraction of sp³-hybridized carbons (Fsp3) is 0.435. The number of aromatic nitrogens is 1. The van der Waals surface area contributed by atoms with Crippen molar-refractivity contribution >= 4 is 11.8 Å². The second-order valence-electron chi connectivity index (χ2n) is 8.11. The van der Waals surface area contributed by atoms with E-state index in [2.05, 4.69) is 4.98 Å². The largest absolute Gasteiger partial charge is 0.472 e. The van der Waals surface area contributed by atoms with Crippen molar-refractivity contribution in [3.8, 4) is 17.0 Å². The average Bonchev–Trinajstić information content (AvgIpc) is 2.75. The van der Waals surface area contributed by atoms with E-state index in [0.29, 0.717) is 24.2 Å². The van der Waals surface area contributed by atoms with Gasteiger partial charge in [-0.1, -0.05) is 19.1 Å². The van der Waals surface area contributed by atoms with Crippen molar-refractivity contribution < 1.29 is 23.8 Å². The van der Waals surface area contributed by atoms with Crippen LogP contribution in [0.5, 0.6) is 5.88 Å². The number of benzene rings is 1. The summed E-state index contributed by atoms with van der Waals surface area (Å²) in [5.74, 6) is -0.744. The van der Waals surface area contributed by atoms with Gasteiger partial charge in [0, 0.05) is 38.2 Å². The van der Waals surface area contributed by atoms with Crippen molar-refractivity contribution in [3.63, 3.8) is 0 Å². The Bertz CT molecular complexity index is 968. The molecule has 7 nitrogen and oxygen atoms in total. The summed E-state index contributed by atoms with van der Waals surface area (Å²) in [6.45, 7) is 5.68. The molecule has 1 aliphatic heterocycles. The van der Waals surface area contributed by atoms with Crippen molar-refractivity contribution in [1.29, 1.82) is 0 Å². The van der Waals surface area contributed by atoms with E-state index >= 15 is 0 Å². The summed E-state index contributed by atoms with van der Waals surface area (Å²) in [4.78, 5) is 32.7. The molecule has 2 heterocycles. The lowest BCUT2D eigenvalue weighted by Crippen LogP contribution is -2.50. The van der Waals surface area contributed by atoms with Crippen LogP contribution in [0.25, 0.3) is 11.1 Å². The topological polar surface area (TPSA) is 83.0 Å². The van der Waals surface area contributed by atoms with Gasteiger partial charge in [0.1, 0.15) is 17.5 Å². The second kappa shape index (κ2) is 9.43. The minimum absolute atomic E-state index is 0.0934. The van der Waals surface area contributed by atoms with Crippen LogP contribution in [0.2, 0.25) is 0 Å². The molecule has 0 spiro atoms. The normalized spacial score (nSPS) is 19.7. The highest BCUT2D eigenvalue weighted by Crippen LogP contribution is 2.30. The molecular formula is C23H28FN3O4. The molecule has 8 heteroatoms. The first kappa shape index (κ1) is 22.7. The number of hydrogen-bond donors (Lipinski definition) is 1. The van der Waals surface area contributed by atoms with E-state index in [0.717, 1.165) is 0 Å². The number of carbonyl (C=O) groups is 2. The van der Waals surface area contributed by atoms with Crippen molar-refractivity contribution in [1.82, 2.24) is 14.8 Å². The Morgan fingerprint density at radius 3 is 2.77 bits per heavy atom. The summed E-state index contributed by atoms with van der Waals surface area (Å²) in [7, 11) is 1.69. The summed E-state index contributed by atoms with van der Waals surface area (Å²) in [6.07, 6.45) is 1.14. The molecule has 0 aliphatic carbocycles. The number of amides is 2. The lowest BCUT2D eigenvalue weighted by Gasteiger charge is -2.37.